The van der Waals surface area contributed by atoms with Crippen LogP contribution in [0.25, 0.3) is 0 Å². The number of piperidine rings is 1. The molecule has 0 spiro atoms. The smallest absolute Gasteiger partial charge is 0.251 e. The summed E-state index contributed by atoms with van der Waals surface area (Å²) in [5.74, 6) is 0.549. The molecule has 7 nitrogen and oxygen atoms in total. The van der Waals surface area contributed by atoms with Crippen LogP contribution in [0.1, 0.15) is 36.0 Å². The number of benzene rings is 1. The van der Waals surface area contributed by atoms with Crippen LogP contribution in [0.2, 0.25) is 0 Å². The summed E-state index contributed by atoms with van der Waals surface area (Å²) in [5, 5.41) is 5.69. The first-order chi connectivity index (χ1) is 14.0. The van der Waals surface area contributed by atoms with E-state index >= 15 is 0 Å². The summed E-state index contributed by atoms with van der Waals surface area (Å²) in [4.78, 5) is 39.6. The zero-order valence-corrected chi connectivity index (χ0v) is 16.9. The third-order valence-electron chi connectivity index (χ3n) is 5.59. The van der Waals surface area contributed by atoms with E-state index < -0.39 is 6.04 Å². The second kappa shape index (κ2) is 9.58. The van der Waals surface area contributed by atoms with Crippen LogP contribution < -0.4 is 15.4 Å². The summed E-state index contributed by atoms with van der Waals surface area (Å²) in [7, 11) is 1.56. The van der Waals surface area contributed by atoms with Crippen LogP contribution in [0.3, 0.4) is 0 Å². The minimum atomic E-state index is -0.650. The molecule has 2 N–H and O–H groups in total. The second-order valence-electron chi connectivity index (χ2n) is 7.65. The van der Waals surface area contributed by atoms with Crippen LogP contribution >= 0.6 is 0 Å². The Hall–Kier alpha value is -2.83. The SMILES string of the molecule is C=CCNC(=O)[C@H](NC(=O)c1ccc(OC)cc1)C1CCN(C(=O)C2CC2)CC1. The van der Waals surface area contributed by atoms with Gasteiger partial charge in [0.05, 0.1) is 7.11 Å². The van der Waals surface area contributed by atoms with E-state index in [-0.39, 0.29) is 29.6 Å². The number of nitrogens with zero attached hydrogens (tertiary/aromatic N) is 1. The maximum atomic E-state index is 12.7. The van der Waals surface area contributed by atoms with Crippen LogP contribution in [0.15, 0.2) is 36.9 Å². The monoisotopic (exact) mass is 399 g/mol. The first kappa shape index (κ1) is 20.9. The minimum Gasteiger partial charge on any atom is -0.497 e. The molecule has 0 unspecified atom stereocenters. The van der Waals surface area contributed by atoms with Gasteiger partial charge in [-0.25, -0.2) is 0 Å². The molecular weight excluding hydrogens is 370 g/mol. The summed E-state index contributed by atoms with van der Waals surface area (Å²) in [6.45, 7) is 5.22. The van der Waals surface area contributed by atoms with E-state index in [0.29, 0.717) is 43.8 Å². The van der Waals surface area contributed by atoms with Crippen molar-refractivity contribution in [1.29, 1.82) is 0 Å². The Labute approximate surface area is 171 Å². The van der Waals surface area contributed by atoms with E-state index in [1.165, 1.54) is 0 Å². The van der Waals surface area contributed by atoms with Gasteiger partial charge in [0.2, 0.25) is 11.8 Å². The van der Waals surface area contributed by atoms with Crippen LogP contribution in [0, 0.1) is 11.8 Å². The van der Waals surface area contributed by atoms with E-state index in [2.05, 4.69) is 17.2 Å². The lowest BCUT2D eigenvalue weighted by molar-refractivity contribution is -0.134. The molecule has 1 aromatic rings. The first-order valence-corrected chi connectivity index (χ1v) is 10.2. The van der Waals surface area contributed by atoms with Gasteiger partial charge in [-0.1, -0.05) is 6.08 Å². The molecule has 3 rings (SSSR count). The van der Waals surface area contributed by atoms with Gasteiger partial charge in [-0.3, -0.25) is 14.4 Å². The Morgan fingerprint density at radius 1 is 1.17 bits per heavy atom. The van der Waals surface area contributed by atoms with E-state index in [0.717, 1.165) is 12.8 Å². The molecule has 1 heterocycles. The molecule has 2 aliphatic rings. The summed E-state index contributed by atoms with van der Waals surface area (Å²) >= 11 is 0. The molecule has 1 saturated heterocycles. The fourth-order valence-electron chi connectivity index (χ4n) is 3.69. The molecule has 3 amide bonds. The highest BCUT2D eigenvalue weighted by Crippen LogP contribution is 2.33. The lowest BCUT2D eigenvalue weighted by Crippen LogP contribution is -2.54. The number of ether oxygens (including phenoxy) is 1. The topological polar surface area (TPSA) is 87.7 Å². The van der Waals surface area contributed by atoms with Crippen molar-refractivity contribution < 1.29 is 19.1 Å². The van der Waals surface area contributed by atoms with Gasteiger partial charge in [-0.15, -0.1) is 6.58 Å². The molecule has 1 saturated carbocycles. The van der Waals surface area contributed by atoms with Gasteiger partial charge in [-0.05, 0) is 55.9 Å². The van der Waals surface area contributed by atoms with Crippen LogP contribution in [0.5, 0.6) is 5.75 Å². The standard InChI is InChI=1S/C22H29N3O4/c1-3-12-23-21(27)19(24-20(26)16-6-8-18(29-2)9-7-16)15-10-13-25(14-11-15)22(28)17-4-5-17/h3,6-9,15,17,19H,1,4-5,10-14H2,2H3,(H,23,27)(H,24,26)/t19-/m1/s1. The number of methoxy groups -OCH3 is 1. The molecule has 1 aliphatic heterocycles. The van der Waals surface area contributed by atoms with Crippen molar-refractivity contribution in [2.45, 2.75) is 31.7 Å². The number of hydrogen-bond donors (Lipinski definition) is 2. The van der Waals surface area contributed by atoms with E-state index in [1.807, 2.05) is 4.90 Å². The summed E-state index contributed by atoms with van der Waals surface area (Å²) in [6, 6.07) is 6.11. The first-order valence-electron chi connectivity index (χ1n) is 10.2. The Morgan fingerprint density at radius 2 is 1.83 bits per heavy atom. The molecule has 1 atom stereocenters. The van der Waals surface area contributed by atoms with Gasteiger partial charge in [-0.2, -0.15) is 0 Å². The van der Waals surface area contributed by atoms with Gasteiger partial charge in [0.1, 0.15) is 11.8 Å². The lowest BCUT2D eigenvalue weighted by Gasteiger charge is -2.36. The highest BCUT2D eigenvalue weighted by molar-refractivity contribution is 5.97. The fraction of sp³-hybridized carbons (Fsp3) is 0.500. The number of rotatable bonds is 8. The fourth-order valence-corrected chi connectivity index (χ4v) is 3.69. The number of hydrogen-bond acceptors (Lipinski definition) is 4. The maximum absolute atomic E-state index is 12.7. The zero-order chi connectivity index (χ0) is 20.8. The molecular formula is C22H29N3O4. The zero-order valence-electron chi connectivity index (χ0n) is 16.9. The van der Waals surface area contributed by atoms with Gasteiger partial charge in [0.25, 0.3) is 5.91 Å². The number of carbonyl (C=O) groups is 3. The van der Waals surface area contributed by atoms with Crippen LogP contribution in [-0.4, -0.2) is 55.4 Å². The second-order valence-corrected chi connectivity index (χ2v) is 7.65. The Morgan fingerprint density at radius 3 is 2.38 bits per heavy atom. The summed E-state index contributed by atoms with van der Waals surface area (Å²) in [5.41, 5.74) is 0.466. The molecule has 0 aromatic heterocycles. The van der Waals surface area contributed by atoms with E-state index in [9.17, 15) is 14.4 Å². The van der Waals surface area contributed by atoms with Crippen molar-refractivity contribution in [3.8, 4) is 5.75 Å². The van der Waals surface area contributed by atoms with E-state index in [4.69, 9.17) is 4.74 Å². The molecule has 1 aromatic carbocycles. The Kier molecular flexibility index (Phi) is 6.90. The normalized spacial score (nSPS) is 17.9. The minimum absolute atomic E-state index is 0.0229. The maximum Gasteiger partial charge on any atom is 0.251 e. The average Bonchev–Trinajstić information content (AvgIpc) is 3.61. The average molecular weight is 399 g/mol. The van der Waals surface area contributed by atoms with Crippen molar-refractivity contribution in [1.82, 2.24) is 15.5 Å². The van der Waals surface area contributed by atoms with E-state index in [1.54, 1.807) is 37.5 Å². The third kappa shape index (κ3) is 5.37. The number of carbonyl (C=O) groups excluding carboxylic acids is 3. The third-order valence-corrected chi connectivity index (χ3v) is 5.59. The molecule has 0 bridgehead atoms. The van der Waals surface area contributed by atoms with Crippen molar-refractivity contribution in [2.24, 2.45) is 11.8 Å². The van der Waals surface area contributed by atoms with Crippen LogP contribution in [0.4, 0.5) is 0 Å². The molecule has 0 radical (unpaired) electrons. The Balaban J connectivity index is 1.65. The van der Waals surface area contributed by atoms with Gasteiger partial charge in [0, 0.05) is 31.1 Å². The highest BCUT2D eigenvalue weighted by atomic mass is 16.5. The highest BCUT2D eigenvalue weighted by Gasteiger charge is 2.38. The van der Waals surface area contributed by atoms with Gasteiger partial charge < -0.3 is 20.3 Å². The number of amides is 3. The molecule has 156 valence electrons. The lowest BCUT2D eigenvalue weighted by atomic mass is 9.88. The molecule has 2 fully saturated rings. The van der Waals surface area contributed by atoms with Gasteiger partial charge >= 0.3 is 0 Å². The number of nitrogens with one attached hydrogen (secondary N) is 2. The molecule has 7 heteroatoms. The summed E-state index contributed by atoms with van der Waals surface area (Å²) in [6.07, 6.45) is 4.96. The van der Waals surface area contributed by atoms with Crippen molar-refractivity contribution >= 4 is 17.7 Å². The predicted molar refractivity (Wildman–Crippen MR) is 109 cm³/mol. The Bertz CT molecular complexity index is 750. The molecule has 29 heavy (non-hydrogen) atoms. The quantitative estimate of drug-likeness (QED) is 0.652. The predicted octanol–water partition coefficient (Wildman–Crippen LogP) is 1.74. The van der Waals surface area contributed by atoms with Crippen molar-refractivity contribution in [2.75, 3.05) is 26.7 Å². The summed E-state index contributed by atoms with van der Waals surface area (Å²) < 4.78 is 5.12. The van der Waals surface area contributed by atoms with Crippen molar-refractivity contribution in [3.05, 3.63) is 42.5 Å². The molecule has 1 aliphatic carbocycles. The van der Waals surface area contributed by atoms with Crippen molar-refractivity contribution in [3.63, 3.8) is 0 Å². The number of likely N-dealkylation sites (tertiary alicyclic amines) is 1. The largest absolute Gasteiger partial charge is 0.497 e. The van der Waals surface area contributed by atoms with Gasteiger partial charge in [0.15, 0.2) is 0 Å². The van der Waals surface area contributed by atoms with Crippen LogP contribution in [-0.2, 0) is 9.59 Å².